The van der Waals surface area contributed by atoms with Gasteiger partial charge in [0.1, 0.15) is 11.5 Å². The first-order chi connectivity index (χ1) is 36.1. The van der Waals surface area contributed by atoms with Gasteiger partial charge in [0.15, 0.2) is 28.8 Å². The second kappa shape index (κ2) is 25.7. The minimum atomic E-state index is -5.68. The van der Waals surface area contributed by atoms with Crippen molar-refractivity contribution < 1.29 is 102 Å². The lowest BCUT2D eigenvalue weighted by molar-refractivity contribution is -0.284. The summed E-state index contributed by atoms with van der Waals surface area (Å²) < 4.78 is 159. The molecule has 0 radical (unpaired) electrons. The van der Waals surface area contributed by atoms with Gasteiger partial charge in [-0.15, -0.1) is 0 Å². The van der Waals surface area contributed by atoms with Gasteiger partial charge < -0.3 is 44.4 Å². The van der Waals surface area contributed by atoms with Gasteiger partial charge in [0.05, 0.1) is 38.6 Å². The van der Waals surface area contributed by atoms with Crippen molar-refractivity contribution in [2.24, 2.45) is 5.92 Å². The molecule has 0 fully saturated rings. The molecule has 23 heteroatoms. The standard InChI is InChI=1S/C54H49F10NO12/c1-72-45-30-34(8-22-43(45)76-48(68)36-11-18-41(19-12-36)74-27-3-25-50(55,56)53(59,60)61)7-17-40(66)32-38(29-33-5-15-39(65)16-6-33)52(70,71)47(67)24-10-35-9-23-44(46(31-35)73-2)77-49(69)37-13-20-42(21-14-37)75-28-4-26-51(57,58)54(62,63)64/h5-24,30-31,38,70-71H,3-4,25-29,32,65H2,1-2H3/b17-7+,24-10+. The van der Waals surface area contributed by atoms with Gasteiger partial charge in [-0.25, -0.2) is 9.59 Å². The third kappa shape index (κ3) is 17.0. The summed E-state index contributed by atoms with van der Waals surface area (Å²) in [6.45, 7) is -0.893. The molecular formula is C54H49F10NO12. The molecule has 77 heavy (non-hydrogen) atoms. The summed E-state index contributed by atoms with van der Waals surface area (Å²) in [6.07, 6.45) is -11.6. The lowest BCUT2D eigenvalue weighted by atomic mass is 9.84. The van der Waals surface area contributed by atoms with E-state index in [0.29, 0.717) is 16.8 Å². The predicted molar refractivity (Wildman–Crippen MR) is 258 cm³/mol. The number of ketones is 2. The number of allylic oxidation sites excluding steroid dienone is 1. The second-order valence-electron chi connectivity index (χ2n) is 17.0. The Morgan fingerprint density at radius 3 is 1.38 bits per heavy atom. The van der Waals surface area contributed by atoms with Gasteiger partial charge in [0.25, 0.3) is 0 Å². The largest absolute Gasteiger partial charge is 0.494 e. The molecule has 0 aliphatic carbocycles. The van der Waals surface area contributed by atoms with E-state index in [1.807, 2.05) is 0 Å². The quantitative estimate of drug-likeness (QED) is 0.00903. The lowest BCUT2D eigenvalue weighted by Gasteiger charge is -2.28. The van der Waals surface area contributed by atoms with Crippen LogP contribution in [0.1, 0.15) is 69.5 Å². The van der Waals surface area contributed by atoms with Crippen molar-refractivity contribution >= 4 is 41.3 Å². The molecular weight excluding hydrogens is 1040 g/mol. The van der Waals surface area contributed by atoms with Crippen LogP contribution in [0.25, 0.3) is 12.2 Å². The SMILES string of the molecule is COc1cc(/C=C/C(=O)CC(Cc2ccc(N)cc2)C(O)(O)C(=O)/C=C/c2ccc(OC(=O)c3ccc(OCCCC(F)(F)C(F)(F)F)cc3)c(OC)c2)ccc1OC(=O)c1ccc(OCCCC(F)(F)C(F)(F)F)cc1. The van der Waals surface area contributed by atoms with E-state index in [2.05, 4.69) is 0 Å². The normalized spacial score (nSPS) is 12.8. The molecule has 0 saturated carbocycles. The fourth-order valence-corrected chi connectivity index (χ4v) is 6.98. The number of nitrogens with two attached hydrogens (primary N) is 1. The predicted octanol–water partition coefficient (Wildman–Crippen LogP) is 11.2. The number of hydrogen-bond acceptors (Lipinski definition) is 13. The van der Waals surface area contributed by atoms with E-state index in [-0.39, 0.29) is 57.6 Å². The molecule has 5 rings (SSSR count). The fourth-order valence-electron chi connectivity index (χ4n) is 6.98. The average molecular weight is 1090 g/mol. The summed E-state index contributed by atoms with van der Waals surface area (Å²) in [5.74, 6) is -17.7. The van der Waals surface area contributed by atoms with E-state index in [1.165, 1.54) is 111 Å². The number of ether oxygens (including phenoxy) is 6. The van der Waals surface area contributed by atoms with Gasteiger partial charge >= 0.3 is 36.1 Å². The monoisotopic (exact) mass is 1090 g/mol. The maximum atomic E-state index is 13.5. The van der Waals surface area contributed by atoms with Gasteiger partial charge in [-0.2, -0.15) is 43.9 Å². The third-order valence-electron chi connectivity index (χ3n) is 11.3. The zero-order valence-corrected chi connectivity index (χ0v) is 40.8. The summed E-state index contributed by atoms with van der Waals surface area (Å²) in [7, 11) is 2.54. The molecule has 5 aromatic rings. The maximum Gasteiger partial charge on any atom is 0.453 e. The number of nitrogen functional groups attached to an aromatic ring is 1. The molecule has 0 saturated heterocycles. The van der Waals surface area contributed by atoms with Gasteiger partial charge in [0, 0.05) is 30.9 Å². The van der Waals surface area contributed by atoms with Crippen molar-refractivity contribution in [1.29, 1.82) is 0 Å². The first kappa shape index (κ1) is 60.0. The highest BCUT2D eigenvalue weighted by molar-refractivity contribution is 6.00. The molecule has 5 aromatic carbocycles. The molecule has 1 unspecified atom stereocenters. The average Bonchev–Trinajstić information content (AvgIpc) is 3.38. The Morgan fingerprint density at radius 2 is 0.974 bits per heavy atom. The van der Waals surface area contributed by atoms with E-state index < -0.39 is 105 Å². The van der Waals surface area contributed by atoms with Crippen LogP contribution in [-0.4, -0.2) is 91.1 Å². The number of carbonyl (C=O) groups excluding carboxylic acids is 4. The fraction of sp³-hybridized carbons (Fsp3) is 0.296. The van der Waals surface area contributed by atoms with Crippen LogP contribution in [-0.2, 0) is 16.0 Å². The highest BCUT2D eigenvalue weighted by Crippen LogP contribution is 2.40. The van der Waals surface area contributed by atoms with Crippen LogP contribution in [0.15, 0.2) is 121 Å². The molecule has 0 aliphatic rings. The number of esters is 2. The number of hydrogen-bond donors (Lipinski definition) is 3. The van der Waals surface area contributed by atoms with Crippen LogP contribution in [0.3, 0.4) is 0 Å². The molecule has 1 atom stereocenters. The molecule has 4 N–H and O–H groups in total. The molecule has 13 nitrogen and oxygen atoms in total. The number of methoxy groups -OCH3 is 2. The first-order valence-corrected chi connectivity index (χ1v) is 23.0. The molecule has 0 aromatic heterocycles. The van der Waals surface area contributed by atoms with Crippen molar-refractivity contribution in [3.8, 4) is 34.5 Å². The Bertz CT molecular complexity index is 2890. The maximum absolute atomic E-state index is 13.5. The van der Waals surface area contributed by atoms with Gasteiger partial charge in [-0.05, 0) is 133 Å². The summed E-state index contributed by atoms with van der Waals surface area (Å²) in [6, 6.07) is 24.9. The number of benzene rings is 5. The number of carbonyl (C=O) groups is 4. The van der Waals surface area contributed by atoms with Crippen molar-refractivity contribution in [1.82, 2.24) is 0 Å². The topological polar surface area (TPSA) is 190 Å². The number of aliphatic hydroxyl groups is 2. The number of halogens is 10. The highest BCUT2D eigenvalue weighted by Gasteiger charge is 2.57. The van der Waals surface area contributed by atoms with Crippen molar-refractivity contribution in [3.63, 3.8) is 0 Å². The van der Waals surface area contributed by atoms with Gasteiger partial charge in [0.2, 0.25) is 11.6 Å². The van der Waals surface area contributed by atoms with Gasteiger partial charge in [-0.3, -0.25) is 9.59 Å². The second-order valence-corrected chi connectivity index (χ2v) is 17.0. The van der Waals surface area contributed by atoms with Crippen molar-refractivity contribution in [2.45, 2.75) is 68.5 Å². The van der Waals surface area contributed by atoms with E-state index in [1.54, 1.807) is 24.3 Å². The Morgan fingerprint density at radius 1 is 0.558 bits per heavy atom. The van der Waals surface area contributed by atoms with E-state index in [0.717, 1.165) is 12.2 Å². The molecule has 0 spiro atoms. The van der Waals surface area contributed by atoms with Crippen LogP contribution in [0.2, 0.25) is 0 Å². The van der Waals surface area contributed by atoms with Crippen LogP contribution < -0.4 is 34.2 Å². The van der Waals surface area contributed by atoms with Crippen molar-refractivity contribution in [3.05, 3.63) is 149 Å². The number of anilines is 1. The van der Waals surface area contributed by atoms with Crippen LogP contribution >= 0.6 is 0 Å². The Labute approximate surface area is 433 Å². The molecule has 0 aliphatic heterocycles. The summed E-state index contributed by atoms with van der Waals surface area (Å²) in [5, 5.41) is 22.8. The van der Waals surface area contributed by atoms with E-state index >= 15 is 0 Å². The minimum Gasteiger partial charge on any atom is -0.494 e. The summed E-state index contributed by atoms with van der Waals surface area (Å²) in [5.41, 5.74) is 7.39. The zero-order valence-electron chi connectivity index (χ0n) is 40.8. The van der Waals surface area contributed by atoms with Crippen LogP contribution in [0.4, 0.5) is 49.6 Å². The Kier molecular flexibility index (Phi) is 20.0. The number of rotatable bonds is 26. The van der Waals surface area contributed by atoms with Crippen molar-refractivity contribution in [2.75, 3.05) is 33.2 Å². The molecule has 0 heterocycles. The third-order valence-corrected chi connectivity index (χ3v) is 11.3. The highest BCUT2D eigenvalue weighted by atomic mass is 19.4. The Balaban J connectivity index is 1.20. The van der Waals surface area contributed by atoms with Crippen LogP contribution in [0, 0.1) is 5.92 Å². The van der Waals surface area contributed by atoms with Crippen LogP contribution in [0.5, 0.6) is 34.5 Å². The van der Waals surface area contributed by atoms with E-state index in [4.69, 9.17) is 34.2 Å². The van der Waals surface area contributed by atoms with E-state index in [9.17, 15) is 73.3 Å². The smallest absolute Gasteiger partial charge is 0.453 e. The lowest BCUT2D eigenvalue weighted by Crippen LogP contribution is -2.46. The summed E-state index contributed by atoms with van der Waals surface area (Å²) >= 11 is 0. The molecule has 0 bridgehead atoms. The molecule has 0 amide bonds. The summed E-state index contributed by atoms with van der Waals surface area (Å²) in [4.78, 5) is 52.9. The molecule has 412 valence electrons. The van der Waals surface area contributed by atoms with Gasteiger partial charge in [-0.1, -0.05) is 36.4 Å². The minimum absolute atomic E-state index is 0.00218. The number of alkyl halides is 10. The zero-order chi connectivity index (χ0) is 56.8. The first-order valence-electron chi connectivity index (χ1n) is 23.0. The Hall–Kier alpha value is -7.92.